The molecule has 58 valence electrons. The van der Waals surface area contributed by atoms with E-state index in [1.807, 2.05) is 30.3 Å². The van der Waals surface area contributed by atoms with Crippen molar-refractivity contribution in [2.75, 3.05) is 0 Å². The highest BCUT2D eigenvalue weighted by molar-refractivity contribution is 5.73. The summed E-state index contributed by atoms with van der Waals surface area (Å²) in [6, 6.07) is 9.70. The molecule has 0 heterocycles. The monoisotopic (exact) mass is 149 g/mol. The van der Waals surface area contributed by atoms with E-state index in [9.17, 15) is 4.79 Å². The van der Waals surface area contributed by atoms with Crippen LogP contribution in [0.25, 0.3) is 6.08 Å². The van der Waals surface area contributed by atoms with Gasteiger partial charge in [0.1, 0.15) is 6.29 Å². The quantitative estimate of drug-likeness (QED) is 0.517. The van der Waals surface area contributed by atoms with Crippen molar-refractivity contribution in [3.8, 4) is 0 Å². The van der Waals surface area contributed by atoms with Gasteiger partial charge in [-0.3, -0.25) is 4.79 Å². The number of carbonyl (C=O) groups is 1. The van der Waals surface area contributed by atoms with Gasteiger partial charge in [0, 0.05) is 0 Å². The number of rotatable bonds is 2. The summed E-state index contributed by atoms with van der Waals surface area (Å²) in [5.74, 6) is 0. The minimum atomic E-state index is 0. The molecular formula is C9H11NO. The van der Waals surface area contributed by atoms with E-state index in [-0.39, 0.29) is 6.15 Å². The van der Waals surface area contributed by atoms with Crippen molar-refractivity contribution in [1.82, 2.24) is 6.15 Å². The maximum absolute atomic E-state index is 9.89. The number of hydrogen-bond acceptors (Lipinski definition) is 2. The first-order valence-corrected chi connectivity index (χ1v) is 3.10. The van der Waals surface area contributed by atoms with Crippen LogP contribution < -0.4 is 6.15 Å². The summed E-state index contributed by atoms with van der Waals surface area (Å²) in [6.07, 6.45) is 4.02. The number of benzene rings is 1. The average molecular weight is 149 g/mol. The van der Waals surface area contributed by atoms with Crippen LogP contribution in [-0.2, 0) is 4.79 Å². The average Bonchev–Trinajstić information content (AvgIpc) is 2.03. The van der Waals surface area contributed by atoms with Crippen molar-refractivity contribution in [1.29, 1.82) is 0 Å². The number of hydrogen-bond donors (Lipinski definition) is 1. The van der Waals surface area contributed by atoms with Crippen LogP contribution >= 0.6 is 0 Å². The van der Waals surface area contributed by atoms with Crippen LogP contribution in [0.4, 0.5) is 0 Å². The zero-order chi connectivity index (χ0) is 7.23. The van der Waals surface area contributed by atoms with Crippen LogP contribution in [0.2, 0.25) is 0 Å². The smallest absolute Gasteiger partial charge is 0.142 e. The van der Waals surface area contributed by atoms with E-state index < -0.39 is 0 Å². The molecule has 1 rings (SSSR count). The van der Waals surface area contributed by atoms with Gasteiger partial charge in [-0.05, 0) is 11.6 Å². The number of aldehydes is 1. The summed E-state index contributed by atoms with van der Waals surface area (Å²) >= 11 is 0. The van der Waals surface area contributed by atoms with Gasteiger partial charge in [-0.1, -0.05) is 36.4 Å². The topological polar surface area (TPSA) is 52.1 Å². The second kappa shape index (κ2) is 5.38. The fraction of sp³-hybridized carbons (Fsp3) is 0. The Kier molecular flexibility index (Phi) is 4.69. The molecule has 0 aliphatic carbocycles. The lowest BCUT2D eigenvalue weighted by Crippen LogP contribution is -1.67. The minimum absolute atomic E-state index is 0. The zero-order valence-electron chi connectivity index (χ0n) is 6.23. The van der Waals surface area contributed by atoms with Crippen LogP contribution in [0.15, 0.2) is 36.4 Å². The van der Waals surface area contributed by atoms with Gasteiger partial charge in [0.15, 0.2) is 0 Å². The molecule has 0 aliphatic heterocycles. The van der Waals surface area contributed by atoms with Gasteiger partial charge in [0.2, 0.25) is 0 Å². The standard InChI is InChI=1S/C9H8O.H3N/c10-8-4-7-9-5-2-1-3-6-9;/h1-8H;1H3/b7-4+;. The van der Waals surface area contributed by atoms with Gasteiger partial charge in [-0.15, -0.1) is 0 Å². The Bertz CT molecular complexity index is 229. The lowest BCUT2D eigenvalue weighted by molar-refractivity contribution is -0.104. The fourth-order valence-corrected chi connectivity index (χ4v) is 0.715. The Morgan fingerprint density at radius 3 is 2.27 bits per heavy atom. The maximum atomic E-state index is 9.89. The summed E-state index contributed by atoms with van der Waals surface area (Å²) in [7, 11) is 0. The van der Waals surface area contributed by atoms with Gasteiger partial charge in [0.25, 0.3) is 0 Å². The van der Waals surface area contributed by atoms with E-state index in [1.54, 1.807) is 6.08 Å². The van der Waals surface area contributed by atoms with E-state index in [2.05, 4.69) is 0 Å². The molecule has 0 spiro atoms. The van der Waals surface area contributed by atoms with Gasteiger partial charge in [-0.2, -0.15) is 0 Å². The lowest BCUT2D eigenvalue weighted by Gasteiger charge is -1.86. The van der Waals surface area contributed by atoms with Gasteiger partial charge < -0.3 is 6.15 Å². The molecule has 1 aromatic carbocycles. The van der Waals surface area contributed by atoms with Crippen LogP contribution in [-0.4, -0.2) is 6.29 Å². The summed E-state index contributed by atoms with van der Waals surface area (Å²) in [4.78, 5) is 9.89. The van der Waals surface area contributed by atoms with Crippen molar-refractivity contribution >= 4 is 12.4 Å². The highest BCUT2D eigenvalue weighted by atomic mass is 16.1. The molecule has 0 aliphatic rings. The minimum Gasteiger partial charge on any atom is -0.344 e. The van der Waals surface area contributed by atoms with Crippen molar-refractivity contribution in [3.05, 3.63) is 42.0 Å². The molecule has 0 radical (unpaired) electrons. The van der Waals surface area contributed by atoms with E-state index in [1.165, 1.54) is 6.08 Å². The molecule has 3 N–H and O–H groups in total. The highest BCUT2D eigenvalue weighted by Gasteiger charge is 1.79. The lowest BCUT2D eigenvalue weighted by atomic mass is 10.2. The molecule has 0 aromatic heterocycles. The predicted molar refractivity (Wildman–Crippen MR) is 46.6 cm³/mol. The molecule has 0 atom stereocenters. The molecule has 0 saturated heterocycles. The van der Waals surface area contributed by atoms with Crippen molar-refractivity contribution < 1.29 is 4.79 Å². The molecule has 2 nitrogen and oxygen atoms in total. The predicted octanol–water partition coefficient (Wildman–Crippen LogP) is 2.06. The van der Waals surface area contributed by atoms with Gasteiger partial charge in [-0.25, -0.2) is 0 Å². The molecule has 1 aromatic rings. The van der Waals surface area contributed by atoms with Crippen LogP contribution in [0.1, 0.15) is 5.56 Å². The maximum Gasteiger partial charge on any atom is 0.142 e. The van der Waals surface area contributed by atoms with Crippen LogP contribution in [0.3, 0.4) is 0 Å². The Morgan fingerprint density at radius 2 is 1.73 bits per heavy atom. The van der Waals surface area contributed by atoms with Crippen molar-refractivity contribution in [2.45, 2.75) is 0 Å². The van der Waals surface area contributed by atoms with Crippen LogP contribution in [0, 0.1) is 0 Å². The van der Waals surface area contributed by atoms with E-state index in [0.29, 0.717) is 0 Å². The Hall–Kier alpha value is -1.41. The molecule has 0 fully saturated rings. The SMILES string of the molecule is N.O=C/C=C/c1ccccc1. The first-order valence-electron chi connectivity index (χ1n) is 3.10. The molecule has 2 heteroatoms. The third kappa shape index (κ3) is 3.33. The molecule has 0 bridgehead atoms. The Labute approximate surface area is 66.1 Å². The van der Waals surface area contributed by atoms with E-state index in [0.717, 1.165) is 11.8 Å². The molecule has 11 heavy (non-hydrogen) atoms. The van der Waals surface area contributed by atoms with Crippen molar-refractivity contribution in [2.24, 2.45) is 0 Å². The molecular weight excluding hydrogens is 138 g/mol. The Balaban J connectivity index is 0.000001000. The molecule has 0 saturated carbocycles. The summed E-state index contributed by atoms with van der Waals surface area (Å²) in [6.45, 7) is 0. The zero-order valence-corrected chi connectivity index (χ0v) is 6.23. The van der Waals surface area contributed by atoms with Crippen molar-refractivity contribution in [3.63, 3.8) is 0 Å². The normalized spacial score (nSPS) is 9.09. The van der Waals surface area contributed by atoms with Gasteiger partial charge >= 0.3 is 0 Å². The number of carbonyl (C=O) groups excluding carboxylic acids is 1. The first kappa shape index (κ1) is 9.59. The molecule has 0 amide bonds. The highest BCUT2D eigenvalue weighted by Crippen LogP contribution is 1.99. The summed E-state index contributed by atoms with van der Waals surface area (Å²) in [5, 5.41) is 0. The number of allylic oxidation sites excluding steroid dienone is 1. The second-order valence-electron chi connectivity index (χ2n) is 1.91. The van der Waals surface area contributed by atoms with Gasteiger partial charge in [0.05, 0.1) is 0 Å². The largest absolute Gasteiger partial charge is 0.344 e. The Morgan fingerprint density at radius 1 is 1.09 bits per heavy atom. The first-order chi connectivity index (χ1) is 4.93. The second-order valence-corrected chi connectivity index (χ2v) is 1.91. The third-order valence-corrected chi connectivity index (χ3v) is 1.17. The van der Waals surface area contributed by atoms with E-state index in [4.69, 9.17) is 0 Å². The van der Waals surface area contributed by atoms with Crippen LogP contribution in [0.5, 0.6) is 0 Å². The molecule has 0 unspecified atom stereocenters. The fourth-order valence-electron chi connectivity index (χ4n) is 0.715. The van der Waals surface area contributed by atoms with E-state index >= 15 is 0 Å². The summed E-state index contributed by atoms with van der Waals surface area (Å²) in [5.41, 5.74) is 1.05. The third-order valence-electron chi connectivity index (χ3n) is 1.17. The summed E-state index contributed by atoms with van der Waals surface area (Å²) < 4.78 is 0.